The second-order valence-electron chi connectivity index (χ2n) is 17.8. The van der Waals surface area contributed by atoms with E-state index in [-0.39, 0.29) is 18.9 Å². The third-order valence-corrected chi connectivity index (χ3v) is 12.3. The smallest absolute Gasteiger partial charge is 0.220 e. The van der Waals surface area contributed by atoms with Gasteiger partial charge in [0.05, 0.1) is 25.4 Å². The first-order valence-electron chi connectivity index (χ1n) is 24.8. The number of nitrogens with one attached hydrogen (secondary N) is 1. The van der Waals surface area contributed by atoms with E-state index in [1.807, 2.05) is 0 Å². The van der Waals surface area contributed by atoms with Gasteiger partial charge in [-0.1, -0.05) is 219 Å². The van der Waals surface area contributed by atoms with Crippen LogP contribution in [0.25, 0.3) is 0 Å². The van der Waals surface area contributed by atoms with Gasteiger partial charge in [-0.15, -0.1) is 0 Å². The number of carbonyl (C=O) groups is 1. The molecule has 0 aliphatic carbocycles. The topological polar surface area (TPSA) is 169 Å². The van der Waals surface area contributed by atoms with Gasteiger partial charge < -0.3 is 45.4 Å². The number of ether oxygens (including phenoxy) is 2. The Bertz CT molecular complexity index is 895. The van der Waals surface area contributed by atoms with Crippen LogP contribution < -0.4 is 5.32 Å². The Labute approximate surface area is 356 Å². The van der Waals surface area contributed by atoms with Crippen molar-refractivity contribution in [3.8, 4) is 0 Å². The molecule has 0 aromatic heterocycles. The van der Waals surface area contributed by atoms with E-state index in [4.69, 9.17) is 9.47 Å². The first-order valence-corrected chi connectivity index (χ1v) is 24.8. The molecule has 0 spiro atoms. The van der Waals surface area contributed by atoms with Crippen molar-refractivity contribution < 1.29 is 44.9 Å². The summed E-state index contributed by atoms with van der Waals surface area (Å²) in [5, 5.41) is 65.1. The minimum Gasteiger partial charge on any atom is -0.394 e. The first kappa shape index (κ1) is 55.2. The monoisotopic (exact) mass is 830 g/mol. The van der Waals surface area contributed by atoms with Crippen LogP contribution in [-0.4, -0.2) is 98.7 Å². The molecule has 1 heterocycles. The van der Waals surface area contributed by atoms with Gasteiger partial charge in [0.25, 0.3) is 0 Å². The maximum atomic E-state index is 13.0. The first-order chi connectivity index (χ1) is 28.3. The molecule has 58 heavy (non-hydrogen) atoms. The molecule has 7 N–H and O–H groups in total. The van der Waals surface area contributed by atoms with Gasteiger partial charge in [0.1, 0.15) is 30.5 Å². The Balaban J connectivity index is 2.26. The minimum atomic E-state index is -1.60. The standard InChI is InChI=1S/C48H95NO9/c1-3-5-7-9-11-13-15-16-17-18-19-20-21-22-23-24-25-26-27-29-31-33-35-37-43(52)49-40(39-57-48-47(56)46(55)45(54)42(38-50)58-48)44(53)41(51)36-34-32-30-28-14-12-10-8-6-4-2/h40-42,44-48,50-51,53-56H,3-39H2,1-2H3,(H,49,52)/t40-,41+,42+,44-,45-,46?,47?,48+/m0/s1. The highest BCUT2D eigenvalue weighted by Gasteiger charge is 2.44. The van der Waals surface area contributed by atoms with Gasteiger partial charge in [0.2, 0.25) is 5.91 Å². The van der Waals surface area contributed by atoms with Crippen LogP contribution in [0.3, 0.4) is 0 Å². The maximum absolute atomic E-state index is 13.0. The summed E-state index contributed by atoms with van der Waals surface area (Å²) in [5.74, 6) is -0.254. The third kappa shape index (κ3) is 28.6. The zero-order chi connectivity index (χ0) is 42.5. The summed E-state index contributed by atoms with van der Waals surface area (Å²) in [6, 6.07) is -0.984. The molecular weight excluding hydrogens is 735 g/mol. The lowest BCUT2D eigenvalue weighted by molar-refractivity contribution is -0.303. The Hall–Kier alpha value is -0.850. The molecule has 1 aliphatic heterocycles. The molecule has 0 radical (unpaired) electrons. The van der Waals surface area contributed by atoms with Gasteiger partial charge in [-0.3, -0.25) is 4.79 Å². The molecule has 0 saturated carbocycles. The number of aliphatic hydroxyl groups is 6. The SMILES string of the molecule is CCCCCCCCCCCCCCCCCCCCCCCCCC(=O)N[C@@H](CO[C@@H]1O[C@H](CO)[C@H](O)C(O)C1O)[C@H](O)[C@H](O)CCCCCCCCCCCC. The van der Waals surface area contributed by atoms with Gasteiger partial charge >= 0.3 is 0 Å². The van der Waals surface area contributed by atoms with Crippen LogP contribution in [0.5, 0.6) is 0 Å². The van der Waals surface area contributed by atoms with Crippen LogP contribution in [0, 0.1) is 0 Å². The predicted molar refractivity (Wildman–Crippen MR) is 237 cm³/mol. The Morgan fingerprint density at radius 1 is 0.534 bits per heavy atom. The second-order valence-corrected chi connectivity index (χ2v) is 17.8. The lowest BCUT2D eigenvalue weighted by Gasteiger charge is -2.40. The number of unbranched alkanes of at least 4 members (excludes halogenated alkanes) is 31. The highest BCUT2D eigenvalue weighted by molar-refractivity contribution is 5.76. The molecule has 1 fully saturated rings. The molecule has 1 saturated heterocycles. The Morgan fingerprint density at radius 3 is 1.28 bits per heavy atom. The van der Waals surface area contributed by atoms with Gasteiger partial charge in [-0.05, 0) is 12.8 Å². The Kier molecular flexibility index (Phi) is 37.1. The van der Waals surface area contributed by atoms with E-state index in [9.17, 15) is 35.4 Å². The largest absolute Gasteiger partial charge is 0.394 e. The van der Waals surface area contributed by atoms with Crippen molar-refractivity contribution in [2.24, 2.45) is 0 Å². The number of rotatable bonds is 42. The lowest BCUT2D eigenvalue weighted by Crippen LogP contribution is -2.60. The molecule has 1 amide bonds. The highest BCUT2D eigenvalue weighted by atomic mass is 16.7. The highest BCUT2D eigenvalue weighted by Crippen LogP contribution is 2.23. The van der Waals surface area contributed by atoms with Crippen LogP contribution in [-0.2, 0) is 14.3 Å². The fourth-order valence-electron chi connectivity index (χ4n) is 8.26. The maximum Gasteiger partial charge on any atom is 0.220 e. The summed E-state index contributed by atoms with van der Waals surface area (Å²) in [5.41, 5.74) is 0. The van der Waals surface area contributed by atoms with E-state index >= 15 is 0 Å². The molecule has 1 aliphatic rings. The lowest BCUT2D eigenvalue weighted by atomic mass is 9.98. The fourth-order valence-corrected chi connectivity index (χ4v) is 8.26. The number of amides is 1. The van der Waals surface area contributed by atoms with Crippen molar-refractivity contribution in [2.45, 2.75) is 288 Å². The van der Waals surface area contributed by atoms with Gasteiger partial charge in [0.15, 0.2) is 6.29 Å². The summed E-state index contributed by atoms with van der Waals surface area (Å²) in [6.07, 6.45) is 32.7. The van der Waals surface area contributed by atoms with Crippen molar-refractivity contribution in [3.05, 3.63) is 0 Å². The molecule has 10 heteroatoms. The van der Waals surface area contributed by atoms with Gasteiger partial charge in [0, 0.05) is 6.42 Å². The van der Waals surface area contributed by atoms with Crippen LogP contribution in [0.15, 0.2) is 0 Å². The summed E-state index contributed by atoms with van der Waals surface area (Å²) < 4.78 is 11.2. The number of hydrogen-bond donors (Lipinski definition) is 7. The number of carbonyl (C=O) groups excluding carboxylic acids is 1. The molecule has 0 aromatic carbocycles. The third-order valence-electron chi connectivity index (χ3n) is 12.3. The van der Waals surface area contributed by atoms with Crippen LogP contribution >= 0.6 is 0 Å². The molecule has 2 unspecified atom stereocenters. The zero-order valence-electron chi connectivity index (χ0n) is 37.7. The molecule has 8 atom stereocenters. The molecule has 0 bridgehead atoms. The molecule has 1 rings (SSSR count). The van der Waals surface area contributed by atoms with Crippen LogP contribution in [0.2, 0.25) is 0 Å². The quantitative estimate of drug-likeness (QED) is 0.0296. The summed E-state index contributed by atoms with van der Waals surface area (Å²) >= 11 is 0. The van der Waals surface area contributed by atoms with E-state index in [1.165, 1.54) is 167 Å². The zero-order valence-corrected chi connectivity index (χ0v) is 37.7. The molecular formula is C48H95NO9. The second kappa shape index (κ2) is 39.0. The summed E-state index contributed by atoms with van der Waals surface area (Å²) in [7, 11) is 0. The predicted octanol–water partition coefficient (Wildman–Crippen LogP) is 9.70. The van der Waals surface area contributed by atoms with E-state index < -0.39 is 55.6 Å². The van der Waals surface area contributed by atoms with Crippen molar-refractivity contribution in [1.29, 1.82) is 0 Å². The fraction of sp³-hybridized carbons (Fsp3) is 0.979. The average molecular weight is 830 g/mol. The molecule has 0 aromatic rings. The van der Waals surface area contributed by atoms with E-state index in [2.05, 4.69) is 19.2 Å². The summed E-state index contributed by atoms with van der Waals surface area (Å²) in [6.45, 7) is 3.61. The molecule has 10 nitrogen and oxygen atoms in total. The van der Waals surface area contributed by atoms with Crippen molar-refractivity contribution >= 4 is 5.91 Å². The summed E-state index contributed by atoms with van der Waals surface area (Å²) in [4.78, 5) is 13.0. The number of aliphatic hydroxyl groups excluding tert-OH is 6. The minimum absolute atomic E-state index is 0.254. The van der Waals surface area contributed by atoms with E-state index in [1.54, 1.807) is 0 Å². The normalized spacial score (nSPS) is 21.3. The van der Waals surface area contributed by atoms with E-state index in [0.717, 1.165) is 44.9 Å². The van der Waals surface area contributed by atoms with E-state index in [0.29, 0.717) is 6.42 Å². The van der Waals surface area contributed by atoms with Crippen LogP contribution in [0.4, 0.5) is 0 Å². The average Bonchev–Trinajstić information content (AvgIpc) is 3.22. The van der Waals surface area contributed by atoms with Gasteiger partial charge in [-0.25, -0.2) is 0 Å². The van der Waals surface area contributed by atoms with Crippen molar-refractivity contribution in [2.75, 3.05) is 13.2 Å². The Morgan fingerprint density at radius 2 is 0.897 bits per heavy atom. The van der Waals surface area contributed by atoms with Crippen molar-refractivity contribution in [1.82, 2.24) is 5.32 Å². The van der Waals surface area contributed by atoms with Crippen LogP contribution in [0.1, 0.15) is 239 Å². The van der Waals surface area contributed by atoms with Crippen molar-refractivity contribution in [3.63, 3.8) is 0 Å². The molecule has 346 valence electrons. The van der Waals surface area contributed by atoms with Gasteiger partial charge in [-0.2, -0.15) is 0 Å². The number of hydrogen-bond acceptors (Lipinski definition) is 9.